The fourth-order valence-corrected chi connectivity index (χ4v) is 7.72. The number of likely N-dealkylation sites (N-methyl/N-ethyl adjacent to an activating group) is 1. The van der Waals surface area contributed by atoms with Gasteiger partial charge in [-0.1, -0.05) is 214 Å². The molecule has 0 heterocycles. The number of allylic oxidation sites excluding steroid dienone is 17. The van der Waals surface area contributed by atoms with Crippen molar-refractivity contribution in [3.05, 3.63) is 109 Å². The number of ether oxygens (including phenoxy) is 1. The molecule has 0 aliphatic heterocycles. The first kappa shape index (κ1) is 64.7. The van der Waals surface area contributed by atoms with Crippen molar-refractivity contribution in [2.24, 2.45) is 0 Å². The molecule has 0 bridgehead atoms. The van der Waals surface area contributed by atoms with E-state index in [1.807, 2.05) is 88.0 Å². The van der Waals surface area contributed by atoms with E-state index in [9.17, 15) is 19.0 Å². The average molecular weight is 967 g/mol. The topological polar surface area (TPSA) is 114 Å². The van der Waals surface area contributed by atoms with E-state index in [0.717, 1.165) is 89.9 Å². The quantitative estimate of drug-likeness (QED) is 0.0161. The first-order valence-corrected chi connectivity index (χ1v) is 28.2. The van der Waals surface area contributed by atoms with Crippen LogP contribution >= 0.6 is 7.82 Å². The molecule has 0 aliphatic rings. The number of nitrogens with one attached hydrogen (secondary N) is 1. The maximum atomic E-state index is 13.4. The Bertz CT molecular complexity index is 1530. The Morgan fingerprint density at radius 1 is 0.544 bits per heavy atom. The third kappa shape index (κ3) is 47.7. The zero-order valence-corrected chi connectivity index (χ0v) is 44.9. The third-order valence-electron chi connectivity index (χ3n) is 11.1. The molecule has 0 rings (SSSR count). The van der Waals surface area contributed by atoms with Gasteiger partial charge in [-0.05, 0) is 76.7 Å². The average Bonchev–Trinajstić information content (AvgIpc) is 3.29. The monoisotopic (exact) mass is 967 g/mol. The fourth-order valence-electron chi connectivity index (χ4n) is 7.00. The highest BCUT2D eigenvalue weighted by Crippen LogP contribution is 2.38. The number of rotatable bonds is 46. The molecule has 0 aromatic carbocycles. The Hall–Kier alpha value is -3.33. The molecule has 1 amide bonds. The van der Waals surface area contributed by atoms with Crippen molar-refractivity contribution in [3.63, 3.8) is 0 Å². The molecule has 3 atom stereocenters. The van der Waals surface area contributed by atoms with Gasteiger partial charge >= 0.3 is 5.97 Å². The Balaban J connectivity index is 5.50. The van der Waals surface area contributed by atoms with Crippen LogP contribution in [0.3, 0.4) is 0 Å². The minimum Gasteiger partial charge on any atom is -0.756 e. The van der Waals surface area contributed by atoms with Crippen LogP contribution in [0.25, 0.3) is 0 Å². The molecule has 0 fully saturated rings. The molecule has 0 aliphatic carbocycles. The van der Waals surface area contributed by atoms with Gasteiger partial charge in [0.05, 0.1) is 33.8 Å². The van der Waals surface area contributed by atoms with Crippen LogP contribution < -0.4 is 10.2 Å². The van der Waals surface area contributed by atoms with E-state index in [1.54, 1.807) is 6.08 Å². The summed E-state index contributed by atoms with van der Waals surface area (Å²) in [6, 6.07) is -0.916. The molecule has 388 valence electrons. The van der Waals surface area contributed by atoms with Crippen LogP contribution in [0.15, 0.2) is 109 Å². The van der Waals surface area contributed by atoms with Crippen molar-refractivity contribution in [1.29, 1.82) is 0 Å². The number of amides is 1. The lowest BCUT2D eigenvalue weighted by Crippen LogP contribution is -2.47. The highest BCUT2D eigenvalue weighted by atomic mass is 31.2. The molecule has 1 N–H and O–H groups in total. The summed E-state index contributed by atoms with van der Waals surface area (Å²) in [5, 5.41) is 2.99. The molecular formula is C58H99N2O7P. The standard InChI is InChI=1S/C58H99N2O7P/c1-7-10-13-16-19-22-25-27-29-30-31-33-36-39-42-45-48-51-58(62)67-56(49-46-43-40-37-34-24-21-18-15-12-9-3)55(54-66-68(63,64)65-53-52-60(4,5)6)59-57(61)50-47-44-41-38-35-32-28-26-23-20-17-14-11-8-2/h10-11,13-14,16,19-20,22-23,25,27,29-31,33,36,46,49,55-56H,7-9,12,15,17-18,21,24,26,28,32,34-35,37-45,47-48,50-54H2,1-6H3,(H-,59,61,63,64)/b13-10-,14-11+,19-16+,23-20+,25-22+,29-27-,31-30+,36-33+,49-46+. The summed E-state index contributed by atoms with van der Waals surface area (Å²) in [4.78, 5) is 39.7. The van der Waals surface area contributed by atoms with Crippen LogP contribution in [0.1, 0.15) is 194 Å². The van der Waals surface area contributed by atoms with Gasteiger partial charge in [-0.3, -0.25) is 14.2 Å². The zero-order chi connectivity index (χ0) is 50.1. The predicted octanol–water partition coefficient (Wildman–Crippen LogP) is 15.2. The van der Waals surface area contributed by atoms with E-state index in [0.29, 0.717) is 23.9 Å². The van der Waals surface area contributed by atoms with Crippen molar-refractivity contribution < 1.29 is 37.3 Å². The van der Waals surface area contributed by atoms with Crippen LogP contribution in [-0.2, 0) is 27.9 Å². The molecule has 9 nitrogen and oxygen atoms in total. The molecule has 0 aromatic heterocycles. The molecule has 0 radical (unpaired) electrons. The van der Waals surface area contributed by atoms with Gasteiger partial charge in [0, 0.05) is 12.8 Å². The van der Waals surface area contributed by atoms with Gasteiger partial charge in [0.1, 0.15) is 19.3 Å². The first-order valence-electron chi connectivity index (χ1n) is 26.8. The number of phosphoric acid groups is 1. The molecule has 0 saturated heterocycles. The summed E-state index contributed by atoms with van der Waals surface area (Å²) >= 11 is 0. The van der Waals surface area contributed by atoms with E-state index in [2.05, 4.69) is 62.5 Å². The summed E-state index contributed by atoms with van der Waals surface area (Å²) in [5.74, 6) is -0.614. The third-order valence-corrected chi connectivity index (χ3v) is 12.1. The number of phosphoric ester groups is 1. The lowest BCUT2D eigenvalue weighted by molar-refractivity contribution is -0.870. The van der Waals surface area contributed by atoms with Crippen molar-refractivity contribution in [2.45, 2.75) is 206 Å². The van der Waals surface area contributed by atoms with Gasteiger partial charge in [-0.15, -0.1) is 0 Å². The molecule has 68 heavy (non-hydrogen) atoms. The second kappa shape index (κ2) is 47.4. The Morgan fingerprint density at radius 3 is 1.59 bits per heavy atom. The van der Waals surface area contributed by atoms with E-state index >= 15 is 0 Å². The minimum absolute atomic E-state index is 0.0377. The summed E-state index contributed by atoms with van der Waals surface area (Å²) in [6.07, 6.45) is 63.4. The molecule has 0 saturated carbocycles. The number of unbranched alkanes of at least 4 members (excludes halogenated alkanes) is 19. The highest BCUT2D eigenvalue weighted by Gasteiger charge is 2.27. The van der Waals surface area contributed by atoms with Gasteiger partial charge in [0.2, 0.25) is 5.91 Å². The Morgan fingerprint density at radius 2 is 1.01 bits per heavy atom. The number of nitrogens with zero attached hydrogens (tertiary/aromatic N) is 1. The second-order valence-corrected chi connectivity index (χ2v) is 20.2. The predicted molar refractivity (Wildman–Crippen MR) is 288 cm³/mol. The van der Waals surface area contributed by atoms with Gasteiger partial charge in [0.15, 0.2) is 0 Å². The zero-order valence-electron chi connectivity index (χ0n) is 44.0. The van der Waals surface area contributed by atoms with Crippen molar-refractivity contribution in [3.8, 4) is 0 Å². The molecule has 0 aromatic rings. The molecule has 0 spiro atoms. The van der Waals surface area contributed by atoms with Crippen LogP contribution in [0, 0.1) is 0 Å². The number of quaternary nitrogens is 1. The lowest BCUT2D eigenvalue weighted by atomic mass is 10.1. The first-order chi connectivity index (χ1) is 32.9. The molecular weight excluding hydrogens is 868 g/mol. The summed E-state index contributed by atoms with van der Waals surface area (Å²) < 4.78 is 30.1. The van der Waals surface area contributed by atoms with Crippen LogP contribution in [0.2, 0.25) is 0 Å². The van der Waals surface area contributed by atoms with Gasteiger partial charge in [0.25, 0.3) is 7.82 Å². The highest BCUT2D eigenvalue weighted by molar-refractivity contribution is 7.45. The lowest BCUT2D eigenvalue weighted by Gasteiger charge is -2.30. The molecule has 3 unspecified atom stereocenters. The number of hydrogen-bond donors (Lipinski definition) is 1. The van der Waals surface area contributed by atoms with Crippen molar-refractivity contribution in [2.75, 3.05) is 40.9 Å². The fraction of sp³-hybridized carbons (Fsp3) is 0.655. The van der Waals surface area contributed by atoms with Crippen molar-refractivity contribution >= 4 is 19.7 Å². The Kier molecular flexibility index (Phi) is 45.0. The number of hydrogen-bond acceptors (Lipinski definition) is 7. The van der Waals surface area contributed by atoms with E-state index in [4.69, 9.17) is 13.8 Å². The van der Waals surface area contributed by atoms with E-state index in [1.165, 1.54) is 64.2 Å². The Labute approximate surface area is 417 Å². The van der Waals surface area contributed by atoms with Crippen LogP contribution in [0.4, 0.5) is 0 Å². The van der Waals surface area contributed by atoms with Gasteiger partial charge in [-0.25, -0.2) is 0 Å². The summed E-state index contributed by atoms with van der Waals surface area (Å²) in [7, 11) is 1.13. The normalized spacial score (nSPS) is 14.8. The van der Waals surface area contributed by atoms with Crippen LogP contribution in [0.5, 0.6) is 0 Å². The van der Waals surface area contributed by atoms with E-state index in [-0.39, 0.29) is 24.9 Å². The van der Waals surface area contributed by atoms with Crippen LogP contribution in [-0.4, -0.2) is 69.4 Å². The number of carbonyl (C=O) groups is 2. The summed E-state index contributed by atoms with van der Waals surface area (Å²) in [6.45, 7) is 6.51. The number of carbonyl (C=O) groups excluding carboxylic acids is 2. The van der Waals surface area contributed by atoms with Crippen molar-refractivity contribution in [1.82, 2.24) is 5.32 Å². The number of esters is 1. The van der Waals surface area contributed by atoms with E-state index < -0.39 is 26.6 Å². The minimum atomic E-state index is -4.71. The maximum Gasteiger partial charge on any atom is 0.306 e. The largest absolute Gasteiger partial charge is 0.756 e. The molecule has 10 heteroatoms. The SMILES string of the molecule is CC\C=C/C=C/C=C/C=C\C=C\C=C\CCCCCC(=O)OC(/C=C/CCCCCCCCCCC)C(COP(=O)([O-])OCC[N+](C)(C)C)NC(=O)CCCCCCCCC/C=C/C/C=C/CC. The maximum absolute atomic E-state index is 13.4. The van der Waals surface area contributed by atoms with Gasteiger partial charge in [-0.2, -0.15) is 0 Å². The smallest absolute Gasteiger partial charge is 0.306 e. The second-order valence-electron chi connectivity index (χ2n) is 18.8. The van der Waals surface area contributed by atoms with Gasteiger partial charge < -0.3 is 28.5 Å². The summed E-state index contributed by atoms with van der Waals surface area (Å²) in [5.41, 5.74) is 0.